The van der Waals surface area contributed by atoms with Crippen LogP contribution in [-0.2, 0) is 4.79 Å². The highest BCUT2D eigenvalue weighted by molar-refractivity contribution is 5.94. The molecule has 0 fully saturated rings. The van der Waals surface area contributed by atoms with E-state index in [0.29, 0.717) is 24.3 Å². The molecule has 0 aliphatic rings. The van der Waals surface area contributed by atoms with Gasteiger partial charge in [-0.3, -0.25) is 9.59 Å². The number of carbonyl (C=O) groups excluding carboxylic acids is 1. The minimum absolute atomic E-state index is 0.0701. The first-order valence-corrected chi connectivity index (χ1v) is 7.32. The molecule has 1 amide bonds. The van der Waals surface area contributed by atoms with Crippen LogP contribution < -0.4 is 10.1 Å². The smallest absolute Gasteiger partial charge is 0.305 e. The fourth-order valence-electron chi connectivity index (χ4n) is 1.96. The van der Waals surface area contributed by atoms with Crippen molar-refractivity contribution in [3.8, 4) is 5.75 Å². The van der Waals surface area contributed by atoms with Crippen LogP contribution in [-0.4, -0.2) is 29.6 Å². The standard InChI is InChI=1S/C17H23NO4/c1-4-5-14(10-16(19)20)18-17(21)13-6-8-15(9-7-13)22-11-12(2)3/h6-9,14H,2,4-5,10-11H2,1,3H3,(H,18,21)(H,19,20). The maximum Gasteiger partial charge on any atom is 0.305 e. The molecule has 0 saturated carbocycles. The molecule has 22 heavy (non-hydrogen) atoms. The van der Waals surface area contributed by atoms with Crippen molar-refractivity contribution in [2.45, 2.75) is 39.2 Å². The molecular weight excluding hydrogens is 282 g/mol. The Kier molecular flexibility index (Phi) is 7.16. The Balaban J connectivity index is 2.63. The van der Waals surface area contributed by atoms with Crippen molar-refractivity contribution in [2.24, 2.45) is 0 Å². The molecule has 1 rings (SSSR count). The summed E-state index contributed by atoms with van der Waals surface area (Å²) < 4.78 is 5.47. The number of carboxylic acid groups (broad SMARTS) is 1. The van der Waals surface area contributed by atoms with Crippen molar-refractivity contribution >= 4 is 11.9 Å². The summed E-state index contributed by atoms with van der Waals surface area (Å²) in [5, 5.41) is 11.6. The Morgan fingerprint density at radius 2 is 1.95 bits per heavy atom. The van der Waals surface area contributed by atoms with Crippen molar-refractivity contribution in [3.63, 3.8) is 0 Å². The number of hydrogen-bond donors (Lipinski definition) is 2. The third-order valence-electron chi connectivity index (χ3n) is 3.00. The zero-order valence-corrected chi connectivity index (χ0v) is 13.1. The van der Waals surface area contributed by atoms with Gasteiger partial charge < -0.3 is 15.2 Å². The van der Waals surface area contributed by atoms with Crippen molar-refractivity contribution in [3.05, 3.63) is 42.0 Å². The predicted molar refractivity (Wildman–Crippen MR) is 85.2 cm³/mol. The second kappa shape index (κ2) is 8.87. The van der Waals surface area contributed by atoms with Crippen LogP contribution >= 0.6 is 0 Å². The van der Waals surface area contributed by atoms with Gasteiger partial charge in [0.1, 0.15) is 12.4 Å². The fourth-order valence-corrected chi connectivity index (χ4v) is 1.96. The fraction of sp³-hybridized carbons (Fsp3) is 0.412. The number of amides is 1. The molecule has 0 radical (unpaired) electrons. The topological polar surface area (TPSA) is 75.6 Å². The first kappa shape index (κ1) is 17.8. The van der Waals surface area contributed by atoms with Crippen LogP contribution in [0.2, 0.25) is 0 Å². The van der Waals surface area contributed by atoms with Gasteiger partial charge >= 0.3 is 5.97 Å². The van der Waals surface area contributed by atoms with Gasteiger partial charge in [-0.15, -0.1) is 0 Å². The molecular formula is C17H23NO4. The van der Waals surface area contributed by atoms with E-state index in [0.717, 1.165) is 12.0 Å². The first-order chi connectivity index (χ1) is 10.4. The SMILES string of the molecule is C=C(C)COc1ccc(C(=O)NC(CCC)CC(=O)O)cc1. The number of ether oxygens (including phenoxy) is 1. The molecule has 0 saturated heterocycles. The molecule has 1 atom stereocenters. The van der Waals surface area contributed by atoms with Gasteiger partial charge in [0.25, 0.3) is 5.91 Å². The van der Waals surface area contributed by atoms with Gasteiger partial charge in [0.05, 0.1) is 6.42 Å². The van der Waals surface area contributed by atoms with Crippen LogP contribution in [0.4, 0.5) is 0 Å². The summed E-state index contributed by atoms with van der Waals surface area (Å²) in [7, 11) is 0. The van der Waals surface area contributed by atoms with Crippen molar-refractivity contribution < 1.29 is 19.4 Å². The van der Waals surface area contributed by atoms with Gasteiger partial charge in [0.15, 0.2) is 0 Å². The average Bonchev–Trinajstić information content (AvgIpc) is 2.45. The van der Waals surface area contributed by atoms with Crippen LogP contribution in [0.5, 0.6) is 5.75 Å². The minimum atomic E-state index is -0.915. The van der Waals surface area contributed by atoms with E-state index in [-0.39, 0.29) is 18.4 Å². The van der Waals surface area contributed by atoms with E-state index >= 15 is 0 Å². The molecule has 120 valence electrons. The molecule has 0 bridgehead atoms. The Morgan fingerprint density at radius 3 is 2.45 bits per heavy atom. The third-order valence-corrected chi connectivity index (χ3v) is 3.00. The molecule has 5 heteroatoms. The van der Waals surface area contributed by atoms with Gasteiger partial charge in [-0.1, -0.05) is 19.9 Å². The maximum absolute atomic E-state index is 12.1. The number of aliphatic carboxylic acids is 1. The third kappa shape index (κ3) is 6.43. The Labute approximate surface area is 131 Å². The number of carbonyl (C=O) groups is 2. The molecule has 0 aromatic heterocycles. The van der Waals surface area contributed by atoms with Crippen molar-refractivity contribution in [1.82, 2.24) is 5.32 Å². The summed E-state index contributed by atoms with van der Waals surface area (Å²) in [6.45, 7) is 8.01. The highest BCUT2D eigenvalue weighted by atomic mass is 16.5. The lowest BCUT2D eigenvalue weighted by Crippen LogP contribution is -2.36. The summed E-state index contributed by atoms with van der Waals surface area (Å²) >= 11 is 0. The van der Waals surface area contributed by atoms with E-state index in [4.69, 9.17) is 9.84 Å². The van der Waals surface area contributed by atoms with E-state index in [2.05, 4.69) is 11.9 Å². The first-order valence-electron chi connectivity index (χ1n) is 7.32. The van der Waals surface area contributed by atoms with Gasteiger partial charge in [-0.2, -0.15) is 0 Å². The van der Waals surface area contributed by atoms with Gasteiger partial charge in [0.2, 0.25) is 0 Å². The summed E-state index contributed by atoms with van der Waals surface area (Å²) in [5.41, 5.74) is 1.40. The van der Waals surface area contributed by atoms with E-state index in [1.165, 1.54) is 0 Å². The second-order valence-electron chi connectivity index (χ2n) is 5.33. The average molecular weight is 305 g/mol. The number of hydrogen-bond acceptors (Lipinski definition) is 3. The zero-order chi connectivity index (χ0) is 16.5. The highest BCUT2D eigenvalue weighted by Gasteiger charge is 2.16. The van der Waals surface area contributed by atoms with E-state index in [9.17, 15) is 9.59 Å². The summed E-state index contributed by atoms with van der Waals surface area (Å²) in [6, 6.07) is 6.39. The van der Waals surface area contributed by atoms with E-state index < -0.39 is 5.97 Å². The molecule has 0 spiro atoms. The van der Waals surface area contributed by atoms with Crippen LogP contribution in [0.3, 0.4) is 0 Å². The van der Waals surface area contributed by atoms with Gasteiger partial charge in [-0.05, 0) is 43.2 Å². The summed E-state index contributed by atoms with van der Waals surface area (Å²) in [5.74, 6) is -0.524. The van der Waals surface area contributed by atoms with E-state index in [1.807, 2.05) is 13.8 Å². The number of nitrogens with one attached hydrogen (secondary N) is 1. The number of benzene rings is 1. The van der Waals surface area contributed by atoms with Crippen LogP contribution in [0.1, 0.15) is 43.5 Å². The number of carboxylic acids is 1. The lowest BCUT2D eigenvalue weighted by atomic mass is 10.1. The molecule has 0 aliphatic carbocycles. The van der Waals surface area contributed by atoms with Crippen molar-refractivity contribution in [1.29, 1.82) is 0 Å². The van der Waals surface area contributed by atoms with E-state index in [1.54, 1.807) is 24.3 Å². The second-order valence-corrected chi connectivity index (χ2v) is 5.33. The normalized spacial score (nSPS) is 11.5. The van der Waals surface area contributed by atoms with Crippen LogP contribution in [0, 0.1) is 0 Å². The molecule has 0 aliphatic heterocycles. The largest absolute Gasteiger partial charge is 0.489 e. The molecule has 5 nitrogen and oxygen atoms in total. The summed E-state index contributed by atoms with van der Waals surface area (Å²) in [6.07, 6.45) is 1.38. The predicted octanol–water partition coefficient (Wildman–Crippen LogP) is 3.01. The quantitative estimate of drug-likeness (QED) is 0.688. The Morgan fingerprint density at radius 1 is 1.32 bits per heavy atom. The Bertz CT molecular complexity index is 522. The lowest BCUT2D eigenvalue weighted by molar-refractivity contribution is -0.137. The van der Waals surface area contributed by atoms with Gasteiger partial charge in [0, 0.05) is 11.6 Å². The van der Waals surface area contributed by atoms with Crippen LogP contribution in [0.15, 0.2) is 36.4 Å². The van der Waals surface area contributed by atoms with Crippen molar-refractivity contribution in [2.75, 3.05) is 6.61 Å². The highest BCUT2D eigenvalue weighted by Crippen LogP contribution is 2.13. The zero-order valence-electron chi connectivity index (χ0n) is 13.1. The van der Waals surface area contributed by atoms with Crippen LogP contribution in [0.25, 0.3) is 0 Å². The molecule has 0 heterocycles. The molecule has 1 aromatic carbocycles. The molecule has 1 unspecified atom stereocenters. The summed E-state index contributed by atoms with van der Waals surface area (Å²) in [4.78, 5) is 22.9. The lowest BCUT2D eigenvalue weighted by Gasteiger charge is -2.16. The van der Waals surface area contributed by atoms with Gasteiger partial charge in [-0.25, -0.2) is 0 Å². The molecule has 1 aromatic rings. The Hall–Kier alpha value is -2.30. The molecule has 2 N–H and O–H groups in total. The maximum atomic E-state index is 12.1. The monoisotopic (exact) mass is 305 g/mol. The number of rotatable bonds is 9. The minimum Gasteiger partial charge on any atom is -0.489 e.